The molecule has 1 unspecified atom stereocenters. The van der Waals surface area contributed by atoms with Gasteiger partial charge in [0.25, 0.3) is 5.91 Å². The summed E-state index contributed by atoms with van der Waals surface area (Å²) in [5.41, 5.74) is 5.02. The third kappa shape index (κ3) is 6.51. The van der Waals surface area contributed by atoms with Gasteiger partial charge in [0.1, 0.15) is 5.75 Å². The third-order valence-electron chi connectivity index (χ3n) is 7.64. The van der Waals surface area contributed by atoms with E-state index in [1.165, 1.54) is 5.56 Å². The smallest absolute Gasteiger partial charge is 0.254 e. The maximum atomic E-state index is 13.1. The summed E-state index contributed by atoms with van der Waals surface area (Å²) in [5, 5.41) is 9.92. The van der Waals surface area contributed by atoms with Crippen LogP contribution in [0.4, 0.5) is 0 Å². The summed E-state index contributed by atoms with van der Waals surface area (Å²) in [4.78, 5) is 29.9. The Morgan fingerprint density at radius 3 is 2.38 bits per heavy atom. The summed E-state index contributed by atoms with van der Waals surface area (Å²) in [5.74, 6) is 2.38. The summed E-state index contributed by atoms with van der Waals surface area (Å²) in [6.45, 7) is 7.76. The lowest BCUT2D eigenvalue weighted by Crippen LogP contribution is -2.55. The number of para-hydroxylation sites is 1. The molecule has 0 N–H and O–H groups in total. The zero-order chi connectivity index (χ0) is 29.6. The number of nitrogens with zero attached hydrogens (tertiary/aromatic N) is 5. The second kappa shape index (κ2) is 13.2. The molecule has 1 aromatic heterocycles. The topological polar surface area (TPSA) is 80.6 Å². The molecule has 1 saturated heterocycles. The number of aromatic nitrogens is 3. The highest BCUT2D eigenvalue weighted by Gasteiger charge is 2.30. The Kier molecular flexibility index (Phi) is 9.27. The summed E-state index contributed by atoms with van der Waals surface area (Å²) in [6, 6.07) is 23.7. The van der Waals surface area contributed by atoms with Gasteiger partial charge in [-0.3, -0.25) is 14.2 Å². The van der Waals surface area contributed by atoms with Gasteiger partial charge in [-0.15, -0.1) is 10.2 Å². The van der Waals surface area contributed by atoms with Gasteiger partial charge in [-0.05, 0) is 63.1 Å². The number of thioether (sulfide) groups is 1. The van der Waals surface area contributed by atoms with Crippen LogP contribution >= 0.6 is 11.8 Å². The Morgan fingerprint density at radius 1 is 0.952 bits per heavy atom. The molecular weight excluding hydrogens is 546 g/mol. The van der Waals surface area contributed by atoms with E-state index in [1.54, 1.807) is 43.1 Å². The number of rotatable bonds is 9. The predicted molar refractivity (Wildman–Crippen MR) is 166 cm³/mol. The quantitative estimate of drug-likeness (QED) is 0.183. The third-order valence-corrected chi connectivity index (χ3v) is 8.66. The van der Waals surface area contributed by atoms with Crippen molar-refractivity contribution in [2.45, 2.75) is 44.8 Å². The molecule has 1 aliphatic heterocycles. The Labute approximate surface area is 251 Å². The molecule has 1 atom stereocenters. The van der Waals surface area contributed by atoms with Crippen LogP contribution < -0.4 is 4.74 Å². The van der Waals surface area contributed by atoms with Gasteiger partial charge in [0.2, 0.25) is 5.91 Å². The number of carbonyl (C=O) groups excluding carboxylic acids is 2. The molecule has 0 spiro atoms. The molecule has 218 valence electrons. The van der Waals surface area contributed by atoms with Crippen molar-refractivity contribution in [3.8, 4) is 22.8 Å². The maximum Gasteiger partial charge on any atom is 0.254 e. The van der Waals surface area contributed by atoms with Crippen LogP contribution in [0.5, 0.6) is 5.75 Å². The molecule has 9 heteroatoms. The van der Waals surface area contributed by atoms with Gasteiger partial charge in [0.15, 0.2) is 11.0 Å². The monoisotopic (exact) mass is 583 g/mol. The Morgan fingerprint density at radius 2 is 1.69 bits per heavy atom. The molecule has 3 aromatic carbocycles. The SMILES string of the molecule is COc1ccc(C(=O)N2CCN(C(=O)CCCSc3nnc(-c4ccc(C)cc4)n3-c3ccccc3C)CC2C)cc1. The van der Waals surface area contributed by atoms with Crippen molar-refractivity contribution in [1.29, 1.82) is 0 Å². The van der Waals surface area contributed by atoms with Crippen molar-refractivity contribution >= 4 is 23.6 Å². The van der Waals surface area contributed by atoms with E-state index in [4.69, 9.17) is 4.74 Å². The van der Waals surface area contributed by atoms with Crippen LogP contribution in [-0.2, 0) is 4.79 Å². The molecule has 4 aromatic rings. The van der Waals surface area contributed by atoms with Crippen LogP contribution in [0.15, 0.2) is 78.0 Å². The number of methoxy groups -OCH3 is 1. The van der Waals surface area contributed by atoms with Gasteiger partial charge in [0, 0.05) is 49.0 Å². The standard InChI is InChI=1S/C33H37N5O3S/c1-23-11-13-26(14-12-23)31-34-35-33(38(31)29-9-6-5-8-24(29)2)42-21-7-10-30(39)36-19-20-37(25(3)22-36)32(40)27-15-17-28(41-4)18-16-27/h5-6,8-9,11-18,25H,7,10,19-22H2,1-4H3. The van der Waals surface area contributed by atoms with E-state index in [2.05, 4.69) is 65.0 Å². The van der Waals surface area contributed by atoms with E-state index in [0.717, 1.165) is 45.7 Å². The number of hydrogen-bond donors (Lipinski definition) is 0. The van der Waals surface area contributed by atoms with E-state index in [0.29, 0.717) is 31.6 Å². The van der Waals surface area contributed by atoms with Crippen LogP contribution in [-0.4, -0.2) is 74.9 Å². The van der Waals surface area contributed by atoms with Gasteiger partial charge < -0.3 is 14.5 Å². The summed E-state index contributed by atoms with van der Waals surface area (Å²) < 4.78 is 7.31. The summed E-state index contributed by atoms with van der Waals surface area (Å²) >= 11 is 1.62. The second-order valence-corrected chi connectivity index (χ2v) is 11.7. The van der Waals surface area contributed by atoms with E-state index in [-0.39, 0.29) is 17.9 Å². The summed E-state index contributed by atoms with van der Waals surface area (Å²) in [6.07, 6.45) is 1.18. The lowest BCUT2D eigenvalue weighted by molar-refractivity contribution is -0.133. The normalized spacial score (nSPS) is 15.1. The fourth-order valence-corrected chi connectivity index (χ4v) is 6.10. The minimum absolute atomic E-state index is 0.0172. The first-order valence-corrected chi connectivity index (χ1v) is 15.3. The van der Waals surface area contributed by atoms with Crippen molar-refractivity contribution in [2.75, 3.05) is 32.5 Å². The lowest BCUT2D eigenvalue weighted by atomic mass is 10.1. The Hall–Kier alpha value is -4.11. The highest BCUT2D eigenvalue weighted by atomic mass is 32.2. The molecule has 42 heavy (non-hydrogen) atoms. The van der Waals surface area contributed by atoms with Crippen molar-refractivity contribution in [2.24, 2.45) is 0 Å². The molecule has 2 heterocycles. The van der Waals surface area contributed by atoms with Crippen molar-refractivity contribution in [1.82, 2.24) is 24.6 Å². The Balaban J connectivity index is 1.18. The highest BCUT2D eigenvalue weighted by molar-refractivity contribution is 7.99. The van der Waals surface area contributed by atoms with Crippen LogP contribution in [0, 0.1) is 13.8 Å². The molecule has 1 aliphatic rings. The second-order valence-electron chi connectivity index (χ2n) is 10.7. The van der Waals surface area contributed by atoms with Crippen molar-refractivity contribution < 1.29 is 14.3 Å². The maximum absolute atomic E-state index is 13.1. The van der Waals surface area contributed by atoms with Gasteiger partial charge in [0.05, 0.1) is 12.8 Å². The van der Waals surface area contributed by atoms with Gasteiger partial charge in [-0.2, -0.15) is 0 Å². The number of carbonyl (C=O) groups is 2. The largest absolute Gasteiger partial charge is 0.497 e. The minimum atomic E-state index is -0.0560. The molecule has 0 aliphatic carbocycles. The summed E-state index contributed by atoms with van der Waals surface area (Å²) in [7, 11) is 1.60. The zero-order valence-electron chi connectivity index (χ0n) is 24.6. The molecule has 8 nitrogen and oxygen atoms in total. The molecule has 2 amide bonds. The minimum Gasteiger partial charge on any atom is -0.497 e. The number of ether oxygens (including phenoxy) is 1. The molecule has 0 saturated carbocycles. The zero-order valence-corrected chi connectivity index (χ0v) is 25.4. The average Bonchev–Trinajstić information content (AvgIpc) is 3.43. The number of hydrogen-bond acceptors (Lipinski definition) is 6. The van der Waals surface area contributed by atoms with Crippen molar-refractivity contribution in [3.63, 3.8) is 0 Å². The number of amides is 2. The average molecular weight is 584 g/mol. The number of piperazine rings is 1. The first kappa shape index (κ1) is 29.4. The molecule has 0 bridgehead atoms. The van der Waals surface area contributed by atoms with E-state index >= 15 is 0 Å². The number of aryl methyl sites for hydroxylation is 2. The van der Waals surface area contributed by atoms with Gasteiger partial charge in [-0.25, -0.2) is 0 Å². The van der Waals surface area contributed by atoms with E-state index in [1.807, 2.05) is 28.9 Å². The predicted octanol–water partition coefficient (Wildman–Crippen LogP) is 5.81. The highest BCUT2D eigenvalue weighted by Crippen LogP contribution is 2.30. The van der Waals surface area contributed by atoms with Crippen molar-refractivity contribution in [3.05, 3.63) is 89.5 Å². The van der Waals surface area contributed by atoms with Crippen LogP contribution in [0.3, 0.4) is 0 Å². The number of benzene rings is 3. The fraction of sp³-hybridized carbons (Fsp3) is 0.333. The first-order valence-electron chi connectivity index (χ1n) is 14.3. The lowest BCUT2D eigenvalue weighted by Gasteiger charge is -2.40. The molecule has 1 fully saturated rings. The molecule has 0 radical (unpaired) electrons. The Bertz CT molecular complexity index is 1530. The van der Waals surface area contributed by atoms with Crippen LogP contribution in [0.2, 0.25) is 0 Å². The van der Waals surface area contributed by atoms with Gasteiger partial charge >= 0.3 is 0 Å². The van der Waals surface area contributed by atoms with E-state index < -0.39 is 0 Å². The van der Waals surface area contributed by atoms with Gasteiger partial charge in [-0.1, -0.05) is 59.8 Å². The fourth-order valence-electron chi connectivity index (χ4n) is 5.21. The van der Waals surface area contributed by atoms with E-state index in [9.17, 15) is 9.59 Å². The molecular formula is C33H37N5O3S. The van der Waals surface area contributed by atoms with Crippen LogP contribution in [0.1, 0.15) is 41.3 Å². The first-order chi connectivity index (χ1) is 20.4. The van der Waals surface area contributed by atoms with Crippen LogP contribution in [0.25, 0.3) is 17.1 Å². The molecule has 5 rings (SSSR count).